The van der Waals surface area contributed by atoms with Crippen molar-refractivity contribution in [1.82, 2.24) is 10.2 Å². The normalized spacial score (nSPS) is 13.8. The minimum atomic E-state index is -0.187. The molecule has 180 valence electrons. The molecule has 6 heteroatoms. The fraction of sp³-hybridized carbons (Fsp3) is 0.276. The Hall–Kier alpha value is -3.93. The van der Waals surface area contributed by atoms with Crippen LogP contribution in [0, 0.1) is 12.8 Å². The predicted molar refractivity (Wildman–Crippen MR) is 137 cm³/mol. The molecule has 1 heterocycles. The third-order valence-corrected chi connectivity index (χ3v) is 6.41. The van der Waals surface area contributed by atoms with Crippen LogP contribution in [0.2, 0.25) is 0 Å². The van der Waals surface area contributed by atoms with Gasteiger partial charge in [0.2, 0.25) is 5.91 Å². The molecule has 0 saturated carbocycles. The molecule has 4 rings (SSSR count). The van der Waals surface area contributed by atoms with Gasteiger partial charge >= 0.3 is 0 Å². The standard InChI is InChI=1S/C29H31N3O3/c1-21-7-9-23(10-8-21)28(34)31-26-13-11-25(12-14-26)29(35)32-19-16-24(17-20-32)27(33)30-18-15-22-5-3-2-4-6-22/h2-14,24H,15-20H2,1H3,(H,30,33)(H,31,34). The number of benzene rings is 3. The highest BCUT2D eigenvalue weighted by molar-refractivity contribution is 6.04. The maximum Gasteiger partial charge on any atom is 0.255 e. The number of hydrogen-bond donors (Lipinski definition) is 2. The first kappa shape index (κ1) is 24.2. The van der Waals surface area contributed by atoms with E-state index in [1.165, 1.54) is 5.56 Å². The Morgan fingerprint density at radius 3 is 2.11 bits per heavy atom. The minimum absolute atomic E-state index is 0.0515. The molecule has 6 nitrogen and oxygen atoms in total. The monoisotopic (exact) mass is 469 g/mol. The lowest BCUT2D eigenvalue weighted by molar-refractivity contribution is -0.126. The van der Waals surface area contributed by atoms with Gasteiger partial charge in [-0.25, -0.2) is 0 Å². The van der Waals surface area contributed by atoms with E-state index in [0.717, 1.165) is 12.0 Å². The van der Waals surface area contributed by atoms with Crippen LogP contribution < -0.4 is 10.6 Å². The minimum Gasteiger partial charge on any atom is -0.356 e. The van der Waals surface area contributed by atoms with Crippen LogP contribution in [0.1, 0.15) is 44.7 Å². The molecule has 1 saturated heterocycles. The molecule has 3 amide bonds. The molecule has 0 atom stereocenters. The molecule has 0 radical (unpaired) electrons. The number of carbonyl (C=O) groups is 3. The number of rotatable bonds is 7. The van der Waals surface area contributed by atoms with Gasteiger partial charge in [0.15, 0.2) is 0 Å². The zero-order valence-electron chi connectivity index (χ0n) is 20.0. The number of nitrogens with zero attached hydrogens (tertiary/aromatic N) is 1. The Balaban J connectivity index is 1.23. The molecule has 1 aliphatic heterocycles. The summed E-state index contributed by atoms with van der Waals surface area (Å²) in [6.07, 6.45) is 2.13. The lowest BCUT2D eigenvalue weighted by Crippen LogP contribution is -2.43. The van der Waals surface area contributed by atoms with Crippen molar-refractivity contribution in [2.24, 2.45) is 5.92 Å². The molecule has 3 aromatic carbocycles. The second-order valence-corrected chi connectivity index (χ2v) is 8.99. The van der Waals surface area contributed by atoms with E-state index < -0.39 is 0 Å². The third kappa shape index (κ3) is 6.57. The Morgan fingerprint density at radius 2 is 1.46 bits per heavy atom. The summed E-state index contributed by atoms with van der Waals surface area (Å²) in [7, 11) is 0. The van der Waals surface area contributed by atoms with E-state index in [1.807, 2.05) is 37.3 Å². The number of amides is 3. The van der Waals surface area contributed by atoms with Crippen LogP contribution in [0.4, 0.5) is 5.69 Å². The van der Waals surface area contributed by atoms with Gasteiger partial charge in [-0.1, -0.05) is 48.0 Å². The van der Waals surface area contributed by atoms with E-state index in [1.54, 1.807) is 41.3 Å². The van der Waals surface area contributed by atoms with E-state index in [-0.39, 0.29) is 23.6 Å². The van der Waals surface area contributed by atoms with Crippen molar-refractivity contribution < 1.29 is 14.4 Å². The van der Waals surface area contributed by atoms with Crippen molar-refractivity contribution >= 4 is 23.4 Å². The Morgan fingerprint density at radius 1 is 0.829 bits per heavy atom. The first-order valence-corrected chi connectivity index (χ1v) is 12.1. The van der Waals surface area contributed by atoms with E-state index in [4.69, 9.17) is 0 Å². The maximum absolute atomic E-state index is 12.9. The number of anilines is 1. The summed E-state index contributed by atoms with van der Waals surface area (Å²) in [5.41, 5.74) is 4.09. The van der Waals surface area contributed by atoms with Crippen molar-refractivity contribution in [2.45, 2.75) is 26.2 Å². The van der Waals surface area contributed by atoms with Crippen molar-refractivity contribution in [3.8, 4) is 0 Å². The van der Waals surface area contributed by atoms with Crippen LogP contribution in [0.15, 0.2) is 78.9 Å². The smallest absolute Gasteiger partial charge is 0.255 e. The molecule has 0 unspecified atom stereocenters. The second kappa shape index (κ2) is 11.5. The first-order chi connectivity index (χ1) is 17.0. The Labute approximate surface area is 206 Å². The molecule has 35 heavy (non-hydrogen) atoms. The van der Waals surface area contributed by atoms with Gasteiger partial charge in [-0.2, -0.15) is 0 Å². The summed E-state index contributed by atoms with van der Waals surface area (Å²) < 4.78 is 0. The SMILES string of the molecule is Cc1ccc(C(=O)Nc2ccc(C(=O)N3CCC(C(=O)NCCc4ccccc4)CC3)cc2)cc1. The van der Waals surface area contributed by atoms with Gasteiger partial charge in [0.1, 0.15) is 0 Å². The molecule has 0 aliphatic carbocycles. The largest absolute Gasteiger partial charge is 0.356 e. The molecule has 0 bridgehead atoms. The predicted octanol–water partition coefficient (Wildman–Crippen LogP) is 4.46. The molecular formula is C29H31N3O3. The quantitative estimate of drug-likeness (QED) is 0.536. The van der Waals surface area contributed by atoms with Crippen LogP contribution in [0.25, 0.3) is 0 Å². The fourth-order valence-electron chi connectivity index (χ4n) is 4.25. The van der Waals surface area contributed by atoms with Crippen molar-refractivity contribution in [2.75, 3.05) is 25.0 Å². The number of aryl methyl sites for hydroxylation is 1. The number of piperidine rings is 1. The van der Waals surface area contributed by atoms with Crippen LogP contribution in [-0.2, 0) is 11.2 Å². The van der Waals surface area contributed by atoms with Crippen LogP contribution in [0.5, 0.6) is 0 Å². The zero-order chi connectivity index (χ0) is 24.6. The van der Waals surface area contributed by atoms with Crippen LogP contribution in [0.3, 0.4) is 0 Å². The van der Waals surface area contributed by atoms with Gasteiger partial charge in [-0.15, -0.1) is 0 Å². The van der Waals surface area contributed by atoms with Crippen molar-refractivity contribution in [1.29, 1.82) is 0 Å². The maximum atomic E-state index is 12.9. The van der Waals surface area contributed by atoms with Gasteiger partial charge in [-0.3, -0.25) is 14.4 Å². The van der Waals surface area contributed by atoms with Gasteiger partial charge in [0.25, 0.3) is 11.8 Å². The molecule has 1 fully saturated rings. The number of hydrogen-bond acceptors (Lipinski definition) is 3. The summed E-state index contributed by atoms with van der Waals surface area (Å²) in [6, 6.07) is 24.4. The van der Waals surface area contributed by atoms with Gasteiger partial charge in [-0.05, 0) is 68.1 Å². The lowest BCUT2D eigenvalue weighted by Gasteiger charge is -2.31. The highest BCUT2D eigenvalue weighted by Crippen LogP contribution is 2.20. The van der Waals surface area contributed by atoms with Crippen molar-refractivity contribution in [3.05, 3.63) is 101 Å². The van der Waals surface area contributed by atoms with E-state index in [9.17, 15) is 14.4 Å². The molecule has 2 N–H and O–H groups in total. The molecule has 0 aromatic heterocycles. The zero-order valence-corrected chi connectivity index (χ0v) is 20.0. The second-order valence-electron chi connectivity index (χ2n) is 8.99. The number of nitrogens with one attached hydrogen (secondary N) is 2. The summed E-state index contributed by atoms with van der Waals surface area (Å²) in [4.78, 5) is 39.7. The fourth-order valence-corrected chi connectivity index (χ4v) is 4.25. The average Bonchev–Trinajstić information content (AvgIpc) is 2.90. The number of carbonyl (C=O) groups excluding carboxylic acids is 3. The molecule has 0 spiro atoms. The Bertz CT molecular complexity index is 1150. The molecule has 1 aliphatic rings. The van der Waals surface area contributed by atoms with E-state index >= 15 is 0 Å². The number of likely N-dealkylation sites (tertiary alicyclic amines) is 1. The van der Waals surface area contributed by atoms with E-state index in [2.05, 4.69) is 22.8 Å². The lowest BCUT2D eigenvalue weighted by atomic mass is 9.95. The van der Waals surface area contributed by atoms with Crippen molar-refractivity contribution in [3.63, 3.8) is 0 Å². The average molecular weight is 470 g/mol. The summed E-state index contributed by atoms with van der Waals surface area (Å²) in [6.45, 7) is 3.71. The van der Waals surface area contributed by atoms with E-state index in [0.29, 0.717) is 49.3 Å². The van der Waals surface area contributed by atoms with Gasteiger partial charge in [0.05, 0.1) is 0 Å². The van der Waals surface area contributed by atoms with Gasteiger partial charge in [0, 0.05) is 42.4 Å². The van der Waals surface area contributed by atoms with Crippen LogP contribution in [-0.4, -0.2) is 42.3 Å². The summed E-state index contributed by atoms with van der Waals surface area (Å²) in [5.74, 6) is -0.228. The summed E-state index contributed by atoms with van der Waals surface area (Å²) >= 11 is 0. The first-order valence-electron chi connectivity index (χ1n) is 12.1. The highest BCUT2D eigenvalue weighted by atomic mass is 16.2. The molecular weight excluding hydrogens is 438 g/mol. The highest BCUT2D eigenvalue weighted by Gasteiger charge is 2.27. The third-order valence-electron chi connectivity index (χ3n) is 6.41. The van der Waals surface area contributed by atoms with Gasteiger partial charge < -0.3 is 15.5 Å². The Kier molecular flexibility index (Phi) is 7.93. The molecule has 3 aromatic rings. The van der Waals surface area contributed by atoms with Crippen LogP contribution >= 0.6 is 0 Å². The summed E-state index contributed by atoms with van der Waals surface area (Å²) in [5, 5.41) is 5.90. The topological polar surface area (TPSA) is 78.5 Å².